The Hall–Kier alpha value is -1.01. The molecule has 11 heavy (non-hydrogen) atoms. The Labute approximate surface area is 73.2 Å². The van der Waals surface area contributed by atoms with E-state index >= 15 is 0 Å². The lowest BCUT2D eigenvalue weighted by Gasteiger charge is -2.00. The number of rotatable bonds is 0. The summed E-state index contributed by atoms with van der Waals surface area (Å²) >= 11 is 3.24. The van der Waals surface area contributed by atoms with Crippen LogP contribution in [0.25, 0.3) is 0 Å². The van der Waals surface area contributed by atoms with Crippen LogP contribution in [0.5, 0.6) is 5.75 Å². The van der Waals surface area contributed by atoms with Gasteiger partial charge in [0.05, 0.1) is 5.56 Å². The van der Waals surface area contributed by atoms with Gasteiger partial charge in [-0.1, -0.05) is 0 Å². The molecule has 56 valence electrons. The number of halogens is 1. The Kier molecular flexibility index (Phi) is 2.16. The molecule has 0 saturated heterocycles. The minimum atomic E-state index is 0.127. The molecule has 0 fully saturated rings. The zero-order chi connectivity index (χ0) is 8.43. The number of aryl methyl sites for hydroxylation is 1. The van der Waals surface area contributed by atoms with Gasteiger partial charge >= 0.3 is 0 Å². The molecule has 0 aliphatic carbocycles. The lowest BCUT2D eigenvalue weighted by atomic mass is 10.1. The normalized spacial score (nSPS) is 9.18. The Bertz CT molecular complexity index is 328. The molecule has 1 aromatic rings. The van der Waals surface area contributed by atoms with Gasteiger partial charge in [-0.2, -0.15) is 5.26 Å². The van der Waals surface area contributed by atoms with E-state index in [0.717, 1.165) is 10.0 Å². The number of hydrogen-bond donors (Lipinski definition) is 1. The number of nitriles is 1. The average molecular weight is 212 g/mol. The summed E-state index contributed by atoms with van der Waals surface area (Å²) in [5.41, 5.74) is 1.32. The third-order valence-corrected chi connectivity index (χ3v) is 2.41. The lowest BCUT2D eigenvalue weighted by molar-refractivity contribution is 0.474. The first-order chi connectivity index (χ1) is 5.15. The molecule has 0 aromatic heterocycles. The van der Waals surface area contributed by atoms with Gasteiger partial charge in [0.15, 0.2) is 0 Å². The molecule has 2 nitrogen and oxygen atoms in total. The summed E-state index contributed by atoms with van der Waals surface area (Å²) in [4.78, 5) is 0. The van der Waals surface area contributed by atoms with E-state index in [2.05, 4.69) is 15.9 Å². The van der Waals surface area contributed by atoms with E-state index in [0.29, 0.717) is 5.56 Å². The smallest absolute Gasteiger partial charge is 0.117 e. The van der Waals surface area contributed by atoms with Gasteiger partial charge in [-0.05, 0) is 40.5 Å². The minimum Gasteiger partial charge on any atom is -0.508 e. The average Bonchev–Trinajstić information content (AvgIpc) is 1.96. The van der Waals surface area contributed by atoms with Gasteiger partial charge in [-0.25, -0.2) is 0 Å². The number of aromatic hydroxyl groups is 1. The van der Waals surface area contributed by atoms with E-state index in [1.165, 1.54) is 6.07 Å². The monoisotopic (exact) mass is 211 g/mol. The SMILES string of the molecule is Cc1cc(O)cc(C#N)c1Br. The summed E-state index contributed by atoms with van der Waals surface area (Å²) in [6, 6.07) is 5.00. The summed E-state index contributed by atoms with van der Waals surface area (Å²) in [5, 5.41) is 17.7. The van der Waals surface area contributed by atoms with Gasteiger partial charge in [0.2, 0.25) is 0 Å². The fraction of sp³-hybridized carbons (Fsp3) is 0.125. The summed E-state index contributed by atoms with van der Waals surface area (Å²) in [6.07, 6.45) is 0. The van der Waals surface area contributed by atoms with Crippen LogP contribution in [-0.2, 0) is 0 Å². The van der Waals surface area contributed by atoms with Crippen LogP contribution < -0.4 is 0 Å². The molecule has 0 heterocycles. The highest BCUT2D eigenvalue weighted by Crippen LogP contribution is 2.25. The second-order valence-electron chi connectivity index (χ2n) is 2.24. The molecular formula is C8H6BrNO. The molecular weight excluding hydrogens is 206 g/mol. The van der Waals surface area contributed by atoms with Crippen molar-refractivity contribution in [3.05, 3.63) is 27.7 Å². The Morgan fingerprint density at radius 1 is 1.55 bits per heavy atom. The highest BCUT2D eigenvalue weighted by Gasteiger charge is 2.03. The first-order valence-electron chi connectivity index (χ1n) is 3.04. The Morgan fingerprint density at radius 3 is 2.73 bits per heavy atom. The molecule has 0 saturated carbocycles. The quantitative estimate of drug-likeness (QED) is 0.717. The second kappa shape index (κ2) is 2.93. The molecule has 0 spiro atoms. The van der Waals surface area contributed by atoms with Crippen molar-refractivity contribution >= 4 is 15.9 Å². The van der Waals surface area contributed by atoms with E-state index in [1.807, 2.05) is 13.0 Å². The van der Waals surface area contributed by atoms with Crippen LogP contribution in [0.2, 0.25) is 0 Å². The van der Waals surface area contributed by atoms with Gasteiger partial charge in [0.1, 0.15) is 11.8 Å². The van der Waals surface area contributed by atoms with Gasteiger partial charge < -0.3 is 5.11 Å². The summed E-state index contributed by atoms with van der Waals surface area (Å²) < 4.78 is 0.748. The van der Waals surface area contributed by atoms with Crippen molar-refractivity contribution in [3.8, 4) is 11.8 Å². The van der Waals surface area contributed by atoms with Crippen LogP contribution in [0.1, 0.15) is 11.1 Å². The Morgan fingerprint density at radius 2 is 2.18 bits per heavy atom. The van der Waals surface area contributed by atoms with Crippen molar-refractivity contribution in [2.45, 2.75) is 6.92 Å². The van der Waals surface area contributed by atoms with Crippen molar-refractivity contribution < 1.29 is 5.11 Å². The van der Waals surface area contributed by atoms with Crippen LogP contribution in [-0.4, -0.2) is 5.11 Å². The highest BCUT2D eigenvalue weighted by atomic mass is 79.9. The molecule has 0 amide bonds. The second-order valence-corrected chi connectivity index (χ2v) is 3.03. The Balaban J connectivity index is 3.39. The number of phenols is 1. The molecule has 0 radical (unpaired) electrons. The largest absolute Gasteiger partial charge is 0.508 e. The molecule has 0 unspecified atom stereocenters. The van der Waals surface area contributed by atoms with Gasteiger partial charge in [-0.3, -0.25) is 0 Å². The van der Waals surface area contributed by atoms with Crippen LogP contribution in [0.4, 0.5) is 0 Å². The minimum absolute atomic E-state index is 0.127. The maximum atomic E-state index is 9.08. The topological polar surface area (TPSA) is 44.0 Å². The molecule has 0 aliphatic heterocycles. The highest BCUT2D eigenvalue weighted by molar-refractivity contribution is 9.10. The van der Waals surface area contributed by atoms with Crippen LogP contribution >= 0.6 is 15.9 Å². The van der Waals surface area contributed by atoms with Crippen molar-refractivity contribution in [2.75, 3.05) is 0 Å². The number of hydrogen-bond acceptors (Lipinski definition) is 2. The molecule has 1 rings (SSSR count). The van der Waals surface area contributed by atoms with E-state index < -0.39 is 0 Å². The first kappa shape index (κ1) is 8.09. The zero-order valence-electron chi connectivity index (χ0n) is 5.93. The number of benzene rings is 1. The van der Waals surface area contributed by atoms with E-state index in [4.69, 9.17) is 10.4 Å². The van der Waals surface area contributed by atoms with E-state index in [1.54, 1.807) is 6.07 Å². The lowest BCUT2D eigenvalue weighted by Crippen LogP contribution is -1.81. The third kappa shape index (κ3) is 1.52. The van der Waals surface area contributed by atoms with E-state index in [9.17, 15) is 0 Å². The number of nitrogens with zero attached hydrogens (tertiary/aromatic N) is 1. The fourth-order valence-corrected chi connectivity index (χ4v) is 1.15. The molecule has 3 heteroatoms. The molecule has 0 atom stereocenters. The molecule has 1 N–H and O–H groups in total. The standard InChI is InChI=1S/C8H6BrNO/c1-5-2-7(11)3-6(4-10)8(5)9/h2-3,11H,1H3. The van der Waals surface area contributed by atoms with Crippen LogP contribution in [0, 0.1) is 18.3 Å². The predicted octanol–water partition coefficient (Wildman–Crippen LogP) is 2.33. The van der Waals surface area contributed by atoms with Crippen molar-refractivity contribution in [2.24, 2.45) is 0 Å². The number of phenolic OH excluding ortho intramolecular Hbond substituents is 1. The van der Waals surface area contributed by atoms with Crippen LogP contribution in [0.15, 0.2) is 16.6 Å². The summed E-state index contributed by atoms with van der Waals surface area (Å²) in [6.45, 7) is 1.82. The fourth-order valence-electron chi connectivity index (χ4n) is 0.832. The summed E-state index contributed by atoms with van der Waals surface area (Å²) in [5.74, 6) is 0.127. The van der Waals surface area contributed by atoms with Crippen molar-refractivity contribution in [1.29, 1.82) is 5.26 Å². The van der Waals surface area contributed by atoms with Crippen LogP contribution in [0.3, 0.4) is 0 Å². The molecule has 1 aromatic carbocycles. The maximum absolute atomic E-state index is 9.08. The third-order valence-electron chi connectivity index (χ3n) is 1.36. The van der Waals surface area contributed by atoms with E-state index in [-0.39, 0.29) is 5.75 Å². The van der Waals surface area contributed by atoms with Crippen molar-refractivity contribution in [1.82, 2.24) is 0 Å². The van der Waals surface area contributed by atoms with Gasteiger partial charge in [0.25, 0.3) is 0 Å². The zero-order valence-corrected chi connectivity index (χ0v) is 7.51. The molecule has 0 aliphatic rings. The van der Waals surface area contributed by atoms with Gasteiger partial charge in [0, 0.05) is 4.47 Å². The predicted molar refractivity (Wildman–Crippen MR) is 45.3 cm³/mol. The molecule has 0 bridgehead atoms. The van der Waals surface area contributed by atoms with Crippen molar-refractivity contribution in [3.63, 3.8) is 0 Å². The summed E-state index contributed by atoms with van der Waals surface area (Å²) in [7, 11) is 0. The van der Waals surface area contributed by atoms with Gasteiger partial charge in [-0.15, -0.1) is 0 Å². The maximum Gasteiger partial charge on any atom is 0.117 e. The first-order valence-corrected chi connectivity index (χ1v) is 3.83.